The predicted molar refractivity (Wildman–Crippen MR) is 43.8 cm³/mol. The van der Waals surface area contributed by atoms with Crippen LogP contribution in [0.5, 0.6) is 0 Å². The van der Waals surface area contributed by atoms with Gasteiger partial charge >= 0.3 is 0 Å². The minimum atomic E-state index is 0.461. The van der Waals surface area contributed by atoms with Gasteiger partial charge in [0.2, 0.25) is 0 Å². The maximum absolute atomic E-state index is 5.58. The smallest absolute Gasteiger partial charge is 0.000276 e. The van der Waals surface area contributed by atoms with Gasteiger partial charge in [0.25, 0.3) is 0 Å². The summed E-state index contributed by atoms with van der Waals surface area (Å²) >= 11 is 0. The molecule has 1 aliphatic heterocycles. The van der Waals surface area contributed by atoms with Gasteiger partial charge in [-0.2, -0.15) is 0 Å². The van der Waals surface area contributed by atoms with Gasteiger partial charge in [-0.25, -0.2) is 0 Å². The van der Waals surface area contributed by atoms with E-state index in [1.165, 1.54) is 6.42 Å². The SMILES string of the molecule is CC1(C)CNCC(CN)C1. The Hall–Kier alpha value is -0.0800. The normalized spacial score (nSPS) is 32.1. The molecule has 10 heavy (non-hydrogen) atoms. The van der Waals surface area contributed by atoms with Crippen LogP contribution in [-0.2, 0) is 0 Å². The van der Waals surface area contributed by atoms with E-state index >= 15 is 0 Å². The fourth-order valence-corrected chi connectivity index (χ4v) is 1.71. The van der Waals surface area contributed by atoms with Crippen LogP contribution in [0, 0.1) is 11.3 Å². The third-order valence-electron chi connectivity index (χ3n) is 2.21. The standard InChI is InChI=1S/C8H18N2/c1-8(2)3-7(4-9)5-10-6-8/h7,10H,3-6,9H2,1-2H3. The summed E-state index contributed by atoms with van der Waals surface area (Å²) in [6, 6.07) is 0. The highest BCUT2D eigenvalue weighted by atomic mass is 14.9. The quantitative estimate of drug-likeness (QED) is 0.562. The van der Waals surface area contributed by atoms with Crippen molar-refractivity contribution in [1.29, 1.82) is 0 Å². The van der Waals surface area contributed by atoms with Gasteiger partial charge in [-0.3, -0.25) is 0 Å². The molecule has 1 saturated heterocycles. The van der Waals surface area contributed by atoms with Gasteiger partial charge in [-0.05, 0) is 30.8 Å². The number of rotatable bonds is 1. The van der Waals surface area contributed by atoms with E-state index in [1.807, 2.05) is 0 Å². The zero-order valence-corrected chi connectivity index (χ0v) is 6.98. The van der Waals surface area contributed by atoms with Gasteiger partial charge in [0.1, 0.15) is 0 Å². The van der Waals surface area contributed by atoms with E-state index in [0.717, 1.165) is 19.6 Å². The lowest BCUT2D eigenvalue weighted by atomic mass is 9.80. The molecule has 2 heteroatoms. The molecule has 1 aliphatic rings. The first-order valence-corrected chi connectivity index (χ1v) is 4.05. The van der Waals surface area contributed by atoms with Gasteiger partial charge in [0.05, 0.1) is 0 Å². The molecule has 1 unspecified atom stereocenters. The average molecular weight is 142 g/mol. The molecule has 1 fully saturated rings. The Balaban J connectivity index is 2.40. The van der Waals surface area contributed by atoms with Crippen molar-refractivity contribution in [2.45, 2.75) is 20.3 Å². The zero-order valence-electron chi connectivity index (χ0n) is 6.98. The summed E-state index contributed by atoms with van der Waals surface area (Å²) in [4.78, 5) is 0. The second kappa shape index (κ2) is 2.89. The van der Waals surface area contributed by atoms with E-state index in [9.17, 15) is 0 Å². The first-order valence-electron chi connectivity index (χ1n) is 4.05. The molecule has 1 heterocycles. The van der Waals surface area contributed by atoms with E-state index in [1.54, 1.807) is 0 Å². The summed E-state index contributed by atoms with van der Waals surface area (Å²) in [6.07, 6.45) is 1.27. The highest BCUT2D eigenvalue weighted by Crippen LogP contribution is 2.26. The molecular formula is C8H18N2. The number of hydrogen-bond acceptors (Lipinski definition) is 2. The van der Waals surface area contributed by atoms with Crippen molar-refractivity contribution in [1.82, 2.24) is 5.32 Å². The molecule has 1 atom stereocenters. The first kappa shape index (κ1) is 8.02. The Kier molecular flexibility index (Phi) is 2.32. The molecule has 0 aromatic heterocycles. The van der Waals surface area contributed by atoms with Crippen LogP contribution in [0.3, 0.4) is 0 Å². The van der Waals surface area contributed by atoms with Crippen LogP contribution in [0.15, 0.2) is 0 Å². The topological polar surface area (TPSA) is 38.0 Å². The molecule has 3 N–H and O–H groups in total. The van der Waals surface area contributed by atoms with Gasteiger partial charge in [-0.15, -0.1) is 0 Å². The molecule has 2 nitrogen and oxygen atoms in total. The van der Waals surface area contributed by atoms with Gasteiger partial charge in [-0.1, -0.05) is 13.8 Å². The lowest BCUT2D eigenvalue weighted by Crippen LogP contribution is -2.43. The van der Waals surface area contributed by atoms with Gasteiger partial charge < -0.3 is 11.1 Å². The number of hydrogen-bond donors (Lipinski definition) is 2. The Morgan fingerprint density at radius 3 is 2.70 bits per heavy atom. The molecule has 0 radical (unpaired) electrons. The summed E-state index contributed by atoms with van der Waals surface area (Å²) < 4.78 is 0. The average Bonchev–Trinajstić information content (AvgIpc) is 1.86. The Morgan fingerprint density at radius 1 is 1.60 bits per heavy atom. The highest BCUT2D eigenvalue weighted by Gasteiger charge is 2.26. The van der Waals surface area contributed by atoms with Gasteiger partial charge in [0, 0.05) is 6.54 Å². The number of nitrogens with two attached hydrogens (primary N) is 1. The molecular weight excluding hydrogens is 124 g/mol. The molecule has 0 saturated carbocycles. The molecule has 1 rings (SSSR count). The van der Waals surface area contributed by atoms with E-state index in [0.29, 0.717) is 11.3 Å². The zero-order chi connectivity index (χ0) is 7.61. The van der Waals surface area contributed by atoms with Crippen LogP contribution in [0.2, 0.25) is 0 Å². The van der Waals surface area contributed by atoms with Crippen molar-refractivity contribution in [3.8, 4) is 0 Å². The fraction of sp³-hybridized carbons (Fsp3) is 1.00. The maximum Gasteiger partial charge on any atom is 0.000276 e. The minimum Gasteiger partial charge on any atom is -0.330 e. The largest absolute Gasteiger partial charge is 0.330 e. The van der Waals surface area contributed by atoms with Crippen LogP contribution >= 0.6 is 0 Å². The second-order valence-electron chi connectivity index (χ2n) is 4.10. The summed E-state index contributed by atoms with van der Waals surface area (Å²) in [5, 5.41) is 3.40. The van der Waals surface area contributed by atoms with Crippen molar-refractivity contribution in [2.75, 3.05) is 19.6 Å². The Morgan fingerprint density at radius 2 is 2.30 bits per heavy atom. The molecule has 0 spiro atoms. The van der Waals surface area contributed by atoms with Crippen molar-refractivity contribution in [3.63, 3.8) is 0 Å². The highest BCUT2D eigenvalue weighted by molar-refractivity contribution is 4.82. The predicted octanol–water partition coefficient (Wildman–Crippen LogP) is 0.581. The third-order valence-corrected chi connectivity index (χ3v) is 2.21. The van der Waals surface area contributed by atoms with E-state index in [-0.39, 0.29) is 0 Å². The molecule has 0 bridgehead atoms. The lowest BCUT2D eigenvalue weighted by Gasteiger charge is -2.35. The van der Waals surface area contributed by atoms with Gasteiger partial charge in [0.15, 0.2) is 0 Å². The summed E-state index contributed by atoms with van der Waals surface area (Å²) in [7, 11) is 0. The minimum absolute atomic E-state index is 0.461. The maximum atomic E-state index is 5.58. The second-order valence-corrected chi connectivity index (χ2v) is 4.10. The monoisotopic (exact) mass is 142 g/mol. The summed E-state index contributed by atoms with van der Waals surface area (Å²) in [6.45, 7) is 7.67. The van der Waals surface area contributed by atoms with Crippen molar-refractivity contribution < 1.29 is 0 Å². The number of piperidine rings is 1. The fourth-order valence-electron chi connectivity index (χ4n) is 1.71. The molecule has 0 aromatic rings. The Bertz CT molecular complexity index is 110. The van der Waals surface area contributed by atoms with Crippen LogP contribution < -0.4 is 11.1 Å². The van der Waals surface area contributed by atoms with E-state index in [4.69, 9.17) is 5.73 Å². The summed E-state index contributed by atoms with van der Waals surface area (Å²) in [5.74, 6) is 0.698. The molecule has 0 aliphatic carbocycles. The van der Waals surface area contributed by atoms with Crippen molar-refractivity contribution >= 4 is 0 Å². The Labute approximate surface area is 63.2 Å². The molecule has 0 aromatic carbocycles. The third kappa shape index (κ3) is 1.96. The molecule has 60 valence electrons. The van der Waals surface area contributed by atoms with Crippen molar-refractivity contribution in [2.24, 2.45) is 17.1 Å². The van der Waals surface area contributed by atoms with Crippen LogP contribution in [0.4, 0.5) is 0 Å². The number of nitrogens with one attached hydrogen (secondary N) is 1. The van der Waals surface area contributed by atoms with E-state index < -0.39 is 0 Å². The lowest BCUT2D eigenvalue weighted by molar-refractivity contribution is 0.204. The first-order chi connectivity index (χ1) is 4.64. The van der Waals surface area contributed by atoms with Crippen LogP contribution in [0.25, 0.3) is 0 Å². The summed E-state index contributed by atoms with van der Waals surface area (Å²) in [5.41, 5.74) is 6.04. The van der Waals surface area contributed by atoms with Crippen LogP contribution in [-0.4, -0.2) is 19.6 Å². The van der Waals surface area contributed by atoms with Crippen LogP contribution in [0.1, 0.15) is 20.3 Å². The van der Waals surface area contributed by atoms with E-state index in [2.05, 4.69) is 19.2 Å². The molecule has 0 amide bonds. The van der Waals surface area contributed by atoms with Crippen molar-refractivity contribution in [3.05, 3.63) is 0 Å².